The van der Waals surface area contributed by atoms with Crippen LogP contribution in [0.4, 0.5) is 0 Å². The zero-order chi connectivity index (χ0) is 8.91. The normalized spacial score (nSPS) is 14.8. The molecule has 0 radical (unpaired) electrons. The van der Waals surface area contributed by atoms with Gasteiger partial charge in [-0.05, 0) is 13.3 Å². The maximum Gasteiger partial charge on any atom is 0.211 e. The van der Waals surface area contributed by atoms with E-state index in [-0.39, 0.29) is 12.3 Å². The lowest BCUT2D eigenvalue weighted by atomic mass is 10.4. The van der Waals surface area contributed by atoms with Crippen LogP contribution in [0.1, 0.15) is 20.3 Å². The van der Waals surface area contributed by atoms with Crippen molar-refractivity contribution in [3.05, 3.63) is 0 Å². The Morgan fingerprint density at radius 3 is 2.45 bits per heavy atom. The maximum absolute atomic E-state index is 10.9. The first kappa shape index (κ1) is 10.9. The zero-order valence-corrected chi connectivity index (χ0v) is 7.69. The highest BCUT2D eigenvalue weighted by Gasteiger charge is 2.08. The third-order valence-electron chi connectivity index (χ3n) is 1.07. The van der Waals surface area contributed by atoms with Gasteiger partial charge in [0.1, 0.15) is 0 Å². The molecule has 0 unspecified atom stereocenters. The molecule has 0 fully saturated rings. The Morgan fingerprint density at radius 2 is 2.09 bits per heavy atom. The molecule has 68 valence electrons. The van der Waals surface area contributed by atoms with E-state index in [2.05, 4.69) is 4.72 Å². The highest BCUT2D eigenvalue weighted by atomic mass is 32.2. The van der Waals surface area contributed by atoms with Gasteiger partial charge in [0.25, 0.3) is 0 Å². The molecule has 11 heavy (non-hydrogen) atoms. The minimum absolute atomic E-state index is 0.0995. The molecule has 0 aromatic heterocycles. The summed E-state index contributed by atoms with van der Waals surface area (Å²) in [6.45, 7) is 3.43. The molecule has 0 saturated carbocycles. The average molecular weight is 181 g/mol. The molecule has 4 nitrogen and oxygen atoms in total. The van der Waals surface area contributed by atoms with E-state index in [0.29, 0.717) is 6.42 Å². The van der Waals surface area contributed by atoms with Crippen LogP contribution in [-0.2, 0) is 10.0 Å². The van der Waals surface area contributed by atoms with Crippen LogP contribution in [0.25, 0.3) is 0 Å². The molecule has 0 aliphatic heterocycles. The minimum atomic E-state index is -3.14. The minimum Gasteiger partial charge on any atom is -0.392 e. The van der Waals surface area contributed by atoms with Crippen LogP contribution in [0.2, 0.25) is 0 Å². The number of hydrogen-bond donors (Lipinski definition) is 2. The Labute approximate surface area is 67.7 Å². The second-order valence-corrected chi connectivity index (χ2v) is 4.44. The maximum atomic E-state index is 10.9. The Hall–Kier alpha value is -0.130. The Balaban J connectivity index is 3.74. The van der Waals surface area contributed by atoms with Gasteiger partial charge in [0.2, 0.25) is 10.0 Å². The van der Waals surface area contributed by atoms with Crippen molar-refractivity contribution >= 4 is 10.0 Å². The zero-order valence-electron chi connectivity index (χ0n) is 6.87. The van der Waals surface area contributed by atoms with Crippen molar-refractivity contribution in [1.29, 1.82) is 0 Å². The molecule has 0 saturated heterocycles. The third kappa shape index (κ3) is 6.28. The van der Waals surface area contributed by atoms with Gasteiger partial charge in [-0.3, -0.25) is 0 Å². The predicted molar refractivity (Wildman–Crippen MR) is 43.8 cm³/mol. The number of aliphatic hydroxyl groups excluding tert-OH is 1. The van der Waals surface area contributed by atoms with Crippen molar-refractivity contribution in [2.45, 2.75) is 26.4 Å². The molecular formula is C6H15NO3S. The summed E-state index contributed by atoms with van der Waals surface area (Å²) in [7, 11) is -3.14. The summed E-state index contributed by atoms with van der Waals surface area (Å²) in [6.07, 6.45) is -0.0311. The fraction of sp³-hybridized carbons (Fsp3) is 1.00. The highest BCUT2D eigenvalue weighted by molar-refractivity contribution is 7.89. The van der Waals surface area contributed by atoms with Crippen LogP contribution in [-0.4, -0.2) is 31.9 Å². The van der Waals surface area contributed by atoms with Gasteiger partial charge in [-0.25, -0.2) is 13.1 Å². The van der Waals surface area contributed by atoms with Gasteiger partial charge in [-0.2, -0.15) is 0 Å². The van der Waals surface area contributed by atoms with E-state index in [1.807, 2.05) is 0 Å². The number of hydrogen-bond acceptors (Lipinski definition) is 3. The first-order valence-electron chi connectivity index (χ1n) is 3.63. The van der Waals surface area contributed by atoms with E-state index in [9.17, 15) is 8.42 Å². The van der Waals surface area contributed by atoms with Gasteiger partial charge in [0.15, 0.2) is 0 Å². The summed E-state index contributed by atoms with van der Waals surface area (Å²) < 4.78 is 24.1. The molecule has 0 heterocycles. The number of nitrogens with one attached hydrogen (secondary N) is 1. The molecule has 0 amide bonds. The molecule has 0 aromatic carbocycles. The number of rotatable bonds is 5. The van der Waals surface area contributed by atoms with Gasteiger partial charge >= 0.3 is 0 Å². The van der Waals surface area contributed by atoms with Crippen LogP contribution < -0.4 is 4.72 Å². The van der Waals surface area contributed by atoms with E-state index in [1.165, 1.54) is 6.92 Å². The molecule has 0 rings (SSSR count). The van der Waals surface area contributed by atoms with E-state index in [0.717, 1.165) is 0 Å². The second kappa shape index (κ2) is 4.69. The third-order valence-corrected chi connectivity index (χ3v) is 2.62. The molecule has 2 N–H and O–H groups in total. The van der Waals surface area contributed by atoms with Crippen LogP contribution in [0, 0.1) is 0 Å². The molecule has 0 aromatic rings. The SMILES string of the molecule is CCCS(=O)(=O)NC[C@@H](C)O. The van der Waals surface area contributed by atoms with E-state index in [4.69, 9.17) is 5.11 Å². The first-order valence-corrected chi connectivity index (χ1v) is 5.28. The monoisotopic (exact) mass is 181 g/mol. The molecule has 5 heteroatoms. The summed E-state index contributed by atoms with van der Waals surface area (Å²) in [4.78, 5) is 0. The quantitative estimate of drug-likeness (QED) is 0.612. The Bertz CT molecular complexity index is 186. The van der Waals surface area contributed by atoms with Crippen molar-refractivity contribution in [2.75, 3.05) is 12.3 Å². The standard InChI is InChI=1S/C6H15NO3S/c1-3-4-11(9,10)7-5-6(2)8/h6-8H,3-5H2,1-2H3/t6-/m1/s1. The lowest BCUT2D eigenvalue weighted by Crippen LogP contribution is -2.32. The van der Waals surface area contributed by atoms with Crippen molar-refractivity contribution < 1.29 is 13.5 Å². The summed E-state index contributed by atoms with van der Waals surface area (Å²) in [5.74, 6) is 0.125. The summed E-state index contributed by atoms with van der Waals surface area (Å²) in [5, 5.41) is 8.76. The Morgan fingerprint density at radius 1 is 1.55 bits per heavy atom. The van der Waals surface area contributed by atoms with Crippen molar-refractivity contribution in [1.82, 2.24) is 4.72 Å². The average Bonchev–Trinajstić information content (AvgIpc) is 1.84. The van der Waals surface area contributed by atoms with Crippen molar-refractivity contribution in [2.24, 2.45) is 0 Å². The summed E-state index contributed by atoms with van der Waals surface area (Å²) >= 11 is 0. The smallest absolute Gasteiger partial charge is 0.211 e. The molecular weight excluding hydrogens is 166 g/mol. The first-order chi connectivity index (χ1) is 4.98. The van der Waals surface area contributed by atoms with Crippen molar-refractivity contribution in [3.63, 3.8) is 0 Å². The number of sulfonamides is 1. The van der Waals surface area contributed by atoms with Crippen molar-refractivity contribution in [3.8, 4) is 0 Å². The van der Waals surface area contributed by atoms with Gasteiger partial charge in [0, 0.05) is 6.54 Å². The summed E-state index contributed by atoms with van der Waals surface area (Å²) in [5.41, 5.74) is 0. The molecule has 0 aliphatic carbocycles. The van der Waals surface area contributed by atoms with Crippen LogP contribution >= 0.6 is 0 Å². The van der Waals surface area contributed by atoms with Gasteiger partial charge in [-0.1, -0.05) is 6.92 Å². The fourth-order valence-electron chi connectivity index (χ4n) is 0.588. The van der Waals surface area contributed by atoms with Crippen LogP contribution in [0.15, 0.2) is 0 Å². The lowest BCUT2D eigenvalue weighted by Gasteiger charge is -2.06. The largest absolute Gasteiger partial charge is 0.392 e. The summed E-state index contributed by atoms with van der Waals surface area (Å²) in [6, 6.07) is 0. The molecule has 0 spiro atoms. The van der Waals surface area contributed by atoms with Gasteiger partial charge in [0.05, 0.1) is 11.9 Å². The number of aliphatic hydroxyl groups is 1. The molecule has 1 atom stereocenters. The molecule has 0 bridgehead atoms. The topological polar surface area (TPSA) is 66.4 Å². The van der Waals surface area contributed by atoms with Crippen LogP contribution in [0.3, 0.4) is 0 Å². The fourth-order valence-corrected chi connectivity index (χ4v) is 1.77. The second-order valence-electron chi connectivity index (χ2n) is 2.52. The van der Waals surface area contributed by atoms with Gasteiger partial charge in [-0.15, -0.1) is 0 Å². The van der Waals surface area contributed by atoms with E-state index in [1.54, 1.807) is 6.92 Å². The van der Waals surface area contributed by atoms with E-state index < -0.39 is 16.1 Å². The Kier molecular flexibility index (Phi) is 4.63. The predicted octanol–water partition coefficient (Wildman–Crippen LogP) is -0.303. The van der Waals surface area contributed by atoms with E-state index >= 15 is 0 Å². The lowest BCUT2D eigenvalue weighted by molar-refractivity contribution is 0.198. The van der Waals surface area contributed by atoms with Gasteiger partial charge < -0.3 is 5.11 Å². The van der Waals surface area contributed by atoms with Crippen LogP contribution in [0.5, 0.6) is 0 Å². The highest BCUT2D eigenvalue weighted by Crippen LogP contribution is 1.88. The molecule has 0 aliphatic rings.